The van der Waals surface area contributed by atoms with E-state index < -0.39 is 0 Å². The van der Waals surface area contributed by atoms with Gasteiger partial charge in [-0.1, -0.05) is 63.2 Å². The van der Waals surface area contributed by atoms with Crippen molar-refractivity contribution >= 4 is 0 Å². The molecular weight excluding hydrogens is 256 g/mol. The first-order valence-electron chi connectivity index (χ1n) is 7.28. The van der Waals surface area contributed by atoms with Crippen LogP contribution in [0.5, 0.6) is 0 Å². The maximum atomic E-state index is 8.98. The van der Waals surface area contributed by atoms with Gasteiger partial charge in [0.2, 0.25) is 0 Å². The first-order chi connectivity index (χ1) is 10.0. The highest BCUT2D eigenvalue weighted by Crippen LogP contribution is 2.32. The average Bonchev–Trinajstić information content (AvgIpc) is 2.47. The summed E-state index contributed by atoms with van der Waals surface area (Å²) in [6, 6.07) is 20.7. The van der Waals surface area contributed by atoms with Crippen molar-refractivity contribution in [1.82, 2.24) is 5.32 Å². The van der Waals surface area contributed by atoms with Crippen molar-refractivity contribution in [2.75, 3.05) is 0 Å². The highest BCUT2D eigenvalue weighted by molar-refractivity contribution is 5.33. The molecule has 1 N–H and O–H groups in total. The molecule has 1 atom stereocenters. The highest BCUT2D eigenvalue weighted by atomic mass is 14.9. The minimum atomic E-state index is 0.119. The second-order valence-electron chi connectivity index (χ2n) is 6.40. The maximum absolute atomic E-state index is 8.98. The average molecular weight is 278 g/mol. The molecule has 21 heavy (non-hydrogen) atoms. The molecule has 0 amide bonds. The molecule has 1 unspecified atom stereocenters. The number of hydrogen-bond donors (Lipinski definition) is 1. The van der Waals surface area contributed by atoms with Crippen LogP contribution in [0.15, 0.2) is 54.6 Å². The van der Waals surface area contributed by atoms with Crippen LogP contribution in [0.25, 0.3) is 0 Å². The molecule has 0 fully saturated rings. The lowest BCUT2D eigenvalue weighted by Crippen LogP contribution is -2.32. The molecule has 0 spiro atoms. The van der Waals surface area contributed by atoms with Crippen LogP contribution in [0.2, 0.25) is 0 Å². The van der Waals surface area contributed by atoms with E-state index in [2.05, 4.69) is 62.5 Å². The van der Waals surface area contributed by atoms with Gasteiger partial charge < -0.3 is 5.32 Å². The van der Waals surface area contributed by atoms with Gasteiger partial charge >= 0.3 is 0 Å². The van der Waals surface area contributed by atoms with Gasteiger partial charge in [0.15, 0.2) is 0 Å². The van der Waals surface area contributed by atoms with Crippen LogP contribution < -0.4 is 5.32 Å². The van der Waals surface area contributed by atoms with Gasteiger partial charge in [-0.05, 0) is 28.7 Å². The van der Waals surface area contributed by atoms with Crippen LogP contribution in [0.3, 0.4) is 0 Å². The Kier molecular flexibility index (Phi) is 4.77. The van der Waals surface area contributed by atoms with Crippen molar-refractivity contribution in [3.8, 4) is 6.07 Å². The number of rotatable bonds is 4. The van der Waals surface area contributed by atoms with Crippen molar-refractivity contribution < 1.29 is 0 Å². The Morgan fingerprint density at radius 3 is 2.38 bits per heavy atom. The van der Waals surface area contributed by atoms with E-state index >= 15 is 0 Å². The molecule has 0 saturated carbocycles. The topological polar surface area (TPSA) is 35.8 Å². The van der Waals surface area contributed by atoms with Crippen LogP contribution in [0.4, 0.5) is 0 Å². The van der Waals surface area contributed by atoms with Gasteiger partial charge in [0.1, 0.15) is 0 Å². The highest BCUT2D eigenvalue weighted by Gasteiger charge is 2.25. The van der Waals surface area contributed by atoms with Gasteiger partial charge in [0, 0.05) is 12.6 Å². The normalized spacial score (nSPS) is 12.7. The summed E-state index contributed by atoms with van der Waals surface area (Å²) in [4.78, 5) is 0. The fourth-order valence-electron chi connectivity index (χ4n) is 2.54. The molecule has 0 aliphatic carbocycles. The number of nitrogens with zero attached hydrogens (tertiary/aromatic N) is 1. The molecular formula is C19H22N2. The molecule has 2 heteroatoms. The Bertz CT molecular complexity index is 618. The van der Waals surface area contributed by atoms with Gasteiger partial charge in [0.25, 0.3) is 0 Å². The first kappa shape index (κ1) is 15.3. The molecule has 0 saturated heterocycles. The van der Waals surface area contributed by atoms with Crippen molar-refractivity contribution in [1.29, 1.82) is 5.26 Å². The van der Waals surface area contributed by atoms with Crippen LogP contribution in [0, 0.1) is 16.7 Å². The Morgan fingerprint density at radius 2 is 1.76 bits per heavy atom. The van der Waals surface area contributed by atoms with E-state index in [1.165, 1.54) is 5.56 Å². The molecule has 0 aliphatic rings. The van der Waals surface area contributed by atoms with E-state index in [-0.39, 0.29) is 11.5 Å². The molecule has 0 bridgehead atoms. The van der Waals surface area contributed by atoms with Gasteiger partial charge in [-0.3, -0.25) is 0 Å². The quantitative estimate of drug-likeness (QED) is 0.897. The zero-order valence-electron chi connectivity index (χ0n) is 12.9. The van der Waals surface area contributed by atoms with Crippen LogP contribution >= 0.6 is 0 Å². The SMILES string of the molecule is CC(C)(C)C(NCc1cccc(C#N)c1)c1ccccc1. The largest absolute Gasteiger partial charge is 0.305 e. The van der Waals surface area contributed by atoms with Gasteiger partial charge in [-0.15, -0.1) is 0 Å². The van der Waals surface area contributed by atoms with Crippen LogP contribution in [0.1, 0.15) is 43.5 Å². The number of hydrogen-bond acceptors (Lipinski definition) is 2. The lowest BCUT2D eigenvalue weighted by Gasteiger charge is -2.32. The summed E-state index contributed by atoms with van der Waals surface area (Å²) in [5, 5.41) is 12.6. The molecule has 2 aromatic carbocycles. The zero-order chi connectivity index (χ0) is 15.3. The summed E-state index contributed by atoms with van der Waals surface area (Å²) in [6.45, 7) is 7.47. The minimum Gasteiger partial charge on any atom is -0.305 e. The smallest absolute Gasteiger partial charge is 0.0991 e. The van der Waals surface area contributed by atoms with E-state index in [0.717, 1.165) is 12.1 Å². The Hall–Kier alpha value is -2.11. The molecule has 2 aromatic rings. The minimum absolute atomic E-state index is 0.119. The van der Waals surface area contributed by atoms with E-state index in [4.69, 9.17) is 5.26 Å². The van der Waals surface area contributed by atoms with Crippen LogP contribution in [-0.2, 0) is 6.54 Å². The van der Waals surface area contributed by atoms with Crippen molar-refractivity contribution in [2.24, 2.45) is 5.41 Å². The second kappa shape index (κ2) is 6.56. The summed E-state index contributed by atoms with van der Waals surface area (Å²) >= 11 is 0. The van der Waals surface area contributed by atoms with Crippen molar-refractivity contribution in [3.05, 3.63) is 71.3 Å². The Morgan fingerprint density at radius 1 is 1.05 bits per heavy atom. The zero-order valence-corrected chi connectivity index (χ0v) is 12.9. The van der Waals surface area contributed by atoms with E-state index in [1.54, 1.807) is 0 Å². The van der Waals surface area contributed by atoms with Gasteiger partial charge in [-0.2, -0.15) is 5.26 Å². The van der Waals surface area contributed by atoms with E-state index in [9.17, 15) is 0 Å². The molecule has 0 aromatic heterocycles. The first-order valence-corrected chi connectivity index (χ1v) is 7.28. The van der Waals surface area contributed by atoms with Gasteiger partial charge in [-0.25, -0.2) is 0 Å². The number of nitriles is 1. The summed E-state index contributed by atoms with van der Waals surface area (Å²) in [5.41, 5.74) is 3.26. The summed E-state index contributed by atoms with van der Waals surface area (Å²) in [5.74, 6) is 0. The number of nitrogens with one attached hydrogen (secondary N) is 1. The maximum Gasteiger partial charge on any atom is 0.0991 e. The summed E-state index contributed by atoms with van der Waals surface area (Å²) in [7, 11) is 0. The molecule has 0 radical (unpaired) electrons. The Labute approximate surface area is 127 Å². The fourth-order valence-corrected chi connectivity index (χ4v) is 2.54. The van der Waals surface area contributed by atoms with E-state index in [0.29, 0.717) is 5.56 Å². The monoisotopic (exact) mass is 278 g/mol. The fraction of sp³-hybridized carbons (Fsp3) is 0.316. The predicted octanol–water partition coefficient (Wildman–Crippen LogP) is 4.44. The van der Waals surface area contributed by atoms with Crippen LogP contribution in [-0.4, -0.2) is 0 Å². The van der Waals surface area contributed by atoms with Gasteiger partial charge in [0.05, 0.1) is 11.6 Å². The third kappa shape index (κ3) is 4.18. The van der Waals surface area contributed by atoms with Crippen molar-refractivity contribution in [3.63, 3.8) is 0 Å². The van der Waals surface area contributed by atoms with E-state index in [1.807, 2.05) is 24.3 Å². The summed E-state index contributed by atoms with van der Waals surface area (Å²) in [6.07, 6.45) is 0. The number of benzene rings is 2. The predicted molar refractivity (Wildman–Crippen MR) is 86.6 cm³/mol. The lowest BCUT2D eigenvalue weighted by molar-refractivity contribution is 0.271. The summed E-state index contributed by atoms with van der Waals surface area (Å²) < 4.78 is 0. The molecule has 0 heterocycles. The molecule has 108 valence electrons. The van der Waals surface area contributed by atoms with Crippen molar-refractivity contribution in [2.45, 2.75) is 33.4 Å². The third-order valence-electron chi connectivity index (χ3n) is 3.57. The standard InChI is InChI=1S/C19H22N2/c1-19(2,3)18(17-10-5-4-6-11-17)21-14-16-9-7-8-15(12-16)13-20/h4-12,18,21H,14H2,1-3H3. The Balaban J connectivity index is 2.15. The molecule has 2 rings (SSSR count). The molecule has 0 aliphatic heterocycles. The lowest BCUT2D eigenvalue weighted by atomic mass is 9.82. The third-order valence-corrected chi connectivity index (χ3v) is 3.57. The molecule has 2 nitrogen and oxygen atoms in total. The second-order valence-corrected chi connectivity index (χ2v) is 6.40.